The summed E-state index contributed by atoms with van der Waals surface area (Å²) in [6.07, 6.45) is 3.40. The molecule has 0 unspecified atom stereocenters. The Kier molecular flexibility index (Phi) is 3.87. The molecule has 0 aliphatic heterocycles. The van der Waals surface area contributed by atoms with Crippen LogP contribution < -0.4 is 11.1 Å². The average Bonchev–Trinajstić information content (AvgIpc) is 2.87. The van der Waals surface area contributed by atoms with E-state index >= 15 is 0 Å². The molecular formula is C13H14ClN5. The first-order valence-electron chi connectivity index (χ1n) is 5.69. The molecule has 0 atom stereocenters. The molecule has 3 aromatic rings. The van der Waals surface area contributed by atoms with E-state index in [-0.39, 0.29) is 12.4 Å². The van der Waals surface area contributed by atoms with E-state index in [2.05, 4.69) is 20.3 Å². The summed E-state index contributed by atoms with van der Waals surface area (Å²) in [7, 11) is 0. The first-order valence-corrected chi connectivity index (χ1v) is 5.69. The second kappa shape index (κ2) is 5.58. The summed E-state index contributed by atoms with van der Waals surface area (Å²) < 4.78 is 0. The fourth-order valence-electron chi connectivity index (χ4n) is 1.83. The van der Waals surface area contributed by atoms with Crippen LogP contribution in [0.25, 0.3) is 11.0 Å². The molecule has 0 fully saturated rings. The SMILES string of the molecule is Cl.Nc1ccc(CNc2ncnc3[nH]ccc23)cc1. The lowest BCUT2D eigenvalue weighted by Gasteiger charge is -2.06. The number of nitrogens with one attached hydrogen (secondary N) is 2. The number of H-pyrrole nitrogens is 1. The van der Waals surface area contributed by atoms with Crippen LogP contribution in [0.4, 0.5) is 11.5 Å². The average molecular weight is 276 g/mol. The van der Waals surface area contributed by atoms with Gasteiger partial charge in [-0.05, 0) is 23.8 Å². The zero-order valence-electron chi connectivity index (χ0n) is 10.1. The van der Waals surface area contributed by atoms with Crippen molar-refractivity contribution in [3.63, 3.8) is 0 Å². The largest absolute Gasteiger partial charge is 0.399 e. The predicted octanol–water partition coefficient (Wildman–Crippen LogP) is 2.57. The highest BCUT2D eigenvalue weighted by atomic mass is 35.5. The Balaban J connectivity index is 0.00000133. The van der Waals surface area contributed by atoms with Gasteiger partial charge in [0.15, 0.2) is 0 Å². The summed E-state index contributed by atoms with van der Waals surface area (Å²) in [6.45, 7) is 0.706. The molecule has 19 heavy (non-hydrogen) atoms. The quantitative estimate of drug-likeness (QED) is 0.642. The Hall–Kier alpha value is -2.27. The Morgan fingerprint density at radius 1 is 1.11 bits per heavy atom. The standard InChI is InChI=1S/C13H13N5.ClH/c14-10-3-1-9(2-4-10)7-16-13-11-5-6-15-12(11)17-8-18-13;/h1-6,8H,7,14H2,(H2,15,16,17,18);1H. The molecule has 6 heteroatoms. The summed E-state index contributed by atoms with van der Waals surface area (Å²) in [5.74, 6) is 0.832. The van der Waals surface area contributed by atoms with E-state index in [4.69, 9.17) is 5.73 Å². The monoisotopic (exact) mass is 275 g/mol. The van der Waals surface area contributed by atoms with Crippen molar-refractivity contribution in [3.8, 4) is 0 Å². The highest BCUT2D eigenvalue weighted by Gasteiger charge is 2.03. The molecule has 4 N–H and O–H groups in total. The van der Waals surface area contributed by atoms with Crippen LogP contribution in [0, 0.1) is 0 Å². The minimum Gasteiger partial charge on any atom is -0.399 e. The third-order valence-electron chi connectivity index (χ3n) is 2.79. The third kappa shape index (κ3) is 2.77. The number of aromatic amines is 1. The van der Waals surface area contributed by atoms with Crippen LogP contribution in [-0.2, 0) is 6.54 Å². The van der Waals surface area contributed by atoms with Crippen LogP contribution in [0.3, 0.4) is 0 Å². The molecule has 0 aliphatic rings. The van der Waals surface area contributed by atoms with E-state index in [1.807, 2.05) is 36.5 Å². The van der Waals surface area contributed by atoms with Gasteiger partial charge in [-0.15, -0.1) is 12.4 Å². The lowest BCUT2D eigenvalue weighted by molar-refractivity contribution is 1.10. The van der Waals surface area contributed by atoms with Crippen LogP contribution in [0.1, 0.15) is 5.56 Å². The number of benzene rings is 1. The number of aromatic nitrogens is 3. The van der Waals surface area contributed by atoms with Gasteiger partial charge in [-0.25, -0.2) is 9.97 Å². The number of fused-ring (bicyclic) bond motifs is 1. The molecular weight excluding hydrogens is 262 g/mol. The summed E-state index contributed by atoms with van der Waals surface area (Å²) in [6, 6.07) is 9.74. The van der Waals surface area contributed by atoms with Crippen LogP contribution in [-0.4, -0.2) is 15.0 Å². The third-order valence-corrected chi connectivity index (χ3v) is 2.79. The van der Waals surface area contributed by atoms with Crippen molar-refractivity contribution in [1.82, 2.24) is 15.0 Å². The van der Waals surface area contributed by atoms with Crippen LogP contribution in [0.5, 0.6) is 0 Å². The van der Waals surface area contributed by atoms with E-state index in [0.717, 1.165) is 28.1 Å². The molecule has 2 aromatic heterocycles. The Morgan fingerprint density at radius 3 is 2.68 bits per heavy atom. The predicted molar refractivity (Wildman–Crippen MR) is 79.3 cm³/mol. The van der Waals surface area contributed by atoms with Crippen molar-refractivity contribution in [2.75, 3.05) is 11.1 Å². The van der Waals surface area contributed by atoms with Crippen LogP contribution >= 0.6 is 12.4 Å². The fraction of sp³-hybridized carbons (Fsp3) is 0.0769. The molecule has 1 aromatic carbocycles. The van der Waals surface area contributed by atoms with Gasteiger partial charge in [0.1, 0.15) is 17.8 Å². The van der Waals surface area contributed by atoms with Gasteiger partial charge < -0.3 is 16.0 Å². The molecule has 0 spiro atoms. The van der Waals surface area contributed by atoms with Gasteiger partial charge >= 0.3 is 0 Å². The maximum atomic E-state index is 5.65. The number of rotatable bonds is 3. The maximum absolute atomic E-state index is 5.65. The second-order valence-corrected chi connectivity index (χ2v) is 4.06. The summed E-state index contributed by atoms with van der Waals surface area (Å²) in [4.78, 5) is 11.4. The fourth-order valence-corrected chi connectivity index (χ4v) is 1.83. The van der Waals surface area contributed by atoms with Crippen molar-refractivity contribution < 1.29 is 0 Å². The number of nitrogens with zero attached hydrogens (tertiary/aromatic N) is 2. The maximum Gasteiger partial charge on any atom is 0.142 e. The molecule has 0 aliphatic carbocycles. The number of hydrogen-bond acceptors (Lipinski definition) is 4. The van der Waals surface area contributed by atoms with Gasteiger partial charge in [-0.2, -0.15) is 0 Å². The van der Waals surface area contributed by atoms with Gasteiger partial charge in [-0.3, -0.25) is 0 Å². The molecule has 5 nitrogen and oxygen atoms in total. The Morgan fingerprint density at radius 2 is 1.89 bits per heavy atom. The van der Waals surface area contributed by atoms with E-state index < -0.39 is 0 Å². The molecule has 3 rings (SSSR count). The van der Waals surface area contributed by atoms with Gasteiger partial charge in [0, 0.05) is 18.4 Å². The first-order chi connectivity index (χ1) is 8.83. The number of nitrogen functional groups attached to an aromatic ring is 1. The van der Waals surface area contributed by atoms with Crippen molar-refractivity contribution in [1.29, 1.82) is 0 Å². The molecule has 0 bridgehead atoms. The van der Waals surface area contributed by atoms with Gasteiger partial charge in [0.05, 0.1) is 5.39 Å². The summed E-state index contributed by atoms with van der Waals surface area (Å²) in [5, 5.41) is 4.29. The zero-order valence-corrected chi connectivity index (χ0v) is 10.9. The van der Waals surface area contributed by atoms with Crippen molar-refractivity contribution >= 4 is 34.9 Å². The topological polar surface area (TPSA) is 79.6 Å². The van der Waals surface area contributed by atoms with E-state index in [1.165, 1.54) is 0 Å². The second-order valence-electron chi connectivity index (χ2n) is 4.06. The molecule has 0 saturated heterocycles. The van der Waals surface area contributed by atoms with Gasteiger partial charge in [0.2, 0.25) is 0 Å². The minimum atomic E-state index is 0. The number of halogens is 1. The Bertz CT molecular complexity index is 662. The normalized spacial score (nSPS) is 10.1. The molecule has 0 amide bonds. The van der Waals surface area contributed by atoms with E-state index in [9.17, 15) is 0 Å². The van der Waals surface area contributed by atoms with E-state index in [0.29, 0.717) is 6.54 Å². The lowest BCUT2D eigenvalue weighted by atomic mass is 10.2. The van der Waals surface area contributed by atoms with Crippen LogP contribution in [0.15, 0.2) is 42.9 Å². The molecule has 98 valence electrons. The number of anilines is 2. The number of nitrogens with two attached hydrogens (primary N) is 1. The summed E-state index contributed by atoms with van der Waals surface area (Å²) >= 11 is 0. The van der Waals surface area contributed by atoms with E-state index in [1.54, 1.807) is 6.33 Å². The summed E-state index contributed by atoms with van der Waals surface area (Å²) in [5.41, 5.74) is 8.42. The van der Waals surface area contributed by atoms with Crippen molar-refractivity contribution in [3.05, 3.63) is 48.4 Å². The van der Waals surface area contributed by atoms with Gasteiger partial charge in [0.25, 0.3) is 0 Å². The first kappa shape index (κ1) is 13.2. The lowest BCUT2D eigenvalue weighted by Crippen LogP contribution is -2.02. The highest BCUT2D eigenvalue weighted by molar-refractivity contribution is 5.86. The number of hydrogen-bond donors (Lipinski definition) is 3. The minimum absolute atomic E-state index is 0. The molecule has 0 saturated carbocycles. The van der Waals surface area contributed by atoms with Crippen molar-refractivity contribution in [2.45, 2.75) is 6.54 Å². The Labute approximate surface area is 116 Å². The smallest absolute Gasteiger partial charge is 0.142 e. The van der Waals surface area contributed by atoms with Gasteiger partial charge in [-0.1, -0.05) is 12.1 Å². The van der Waals surface area contributed by atoms with Crippen LogP contribution in [0.2, 0.25) is 0 Å². The molecule has 0 radical (unpaired) electrons. The molecule has 2 heterocycles. The van der Waals surface area contributed by atoms with Crippen molar-refractivity contribution in [2.24, 2.45) is 0 Å². The zero-order chi connectivity index (χ0) is 12.4. The highest BCUT2D eigenvalue weighted by Crippen LogP contribution is 2.18.